The molecule has 4 nitrogen and oxygen atoms in total. The first-order valence-electron chi connectivity index (χ1n) is 10.2. The maximum absolute atomic E-state index is 4.96. The van der Waals surface area contributed by atoms with Crippen molar-refractivity contribution in [2.75, 3.05) is 0 Å². The van der Waals surface area contributed by atoms with Gasteiger partial charge in [-0.05, 0) is 37.5 Å². The summed E-state index contributed by atoms with van der Waals surface area (Å²) in [5, 5.41) is 3.03. The number of allylic oxidation sites excluding steroid dienone is 7. The van der Waals surface area contributed by atoms with E-state index in [4.69, 9.17) is 4.98 Å². The van der Waals surface area contributed by atoms with Crippen molar-refractivity contribution in [1.82, 2.24) is 19.5 Å². The zero-order valence-electron chi connectivity index (χ0n) is 17.9. The van der Waals surface area contributed by atoms with E-state index in [9.17, 15) is 0 Å². The molecule has 0 aliphatic heterocycles. The van der Waals surface area contributed by atoms with Crippen LogP contribution in [0.4, 0.5) is 0 Å². The quantitative estimate of drug-likeness (QED) is 0.364. The molecule has 0 saturated heterocycles. The third-order valence-corrected chi connectivity index (χ3v) is 5.66. The van der Waals surface area contributed by atoms with Crippen LogP contribution < -0.4 is 0 Å². The molecule has 3 rings (SSSR count). The van der Waals surface area contributed by atoms with E-state index in [-0.39, 0.29) is 0 Å². The molecule has 0 radical (unpaired) electrons. The van der Waals surface area contributed by atoms with E-state index in [1.807, 2.05) is 36.8 Å². The van der Waals surface area contributed by atoms with Gasteiger partial charge in [-0.25, -0.2) is 9.97 Å². The molecule has 3 aromatic heterocycles. The summed E-state index contributed by atoms with van der Waals surface area (Å²) in [5.74, 6) is 0.878. The highest BCUT2D eigenvalue weighted by atomic mass is 32.1. The van der Waals surface area contributed by atoms with E-state index >= 15 is 0 Å². The average molecular weight is 417 g/mol. The fourth-order valence-corrected chi connectivity index (χ4v) is 4.23. The summed E-state index contributed by atoms with van der Waals surface area (Å²) >= 11 is 1.62. The maximum Gasteiger partial charge on any atom is 0.169 e. The Balaban J connectivity index is 1.94. The van der Waals surface area contributed by atoms with Gasteiger partial charge < -0.3 is 4.57 Å². The van der Waals surface area contributed by atoms with E-state index in [2.05, 4.69) is 65.5 Å². The summed E-state index contributed by atoms with van der Waals surface area (Å²) in [5.41, 5.74) is 5.84. The minimum Gasteiger partial charge on any atom is -0.325 e. The van der Waals surface area contributed by atoms with Crippen LogP contribution in [0.15, 0.2) is 84.3 Å². The topological polar surface area (TPSA) is 43.6 Å². The molecule has 0 N–H and O–H groups in total. The van der Waals surface area contributed by atoms with Crippen LogP contribution >= 0.6 is 11.3 Å². The molecular formula is C25H28N4S. The predicted octanol–water partition coefficient (Wildman–Crippen LogP) is 6.71. The van der Waals surface area contributed by atoms with Gasteiger partial charge >= 0.3 is 0 Å². The zero-order valence-corrected chi connectivity index (χ0v) is 18.7. The second kappa shape index (κ2) is 10.6. The molecule has 0 fully saturated rings. The maximum atomic E-state index is 4.96. The molecule has 3 heterocycles. The van der Waals surface area contributed by atoms with Gasteiger partial charge in [-0.2, -0.15) is 0 Å². The van der Waals surface area contributed by atoms with Crippen LogP contribution in [0.1, 0.15) is 44.9 Å². The molecule has 0 amide bonds. The van der Waals surface area contributed by atoms with Crippen LogP contribution in [0.3, 0.4) is 0 Å². The third-order valence-electron chi connectivity index (χ3n) is 4.83. The Morgan fingerprint density at radius 2 is 2.17 bits per heavy atom. The first-order valence-corrected chi connectivity index (χ1v) is 11.1. The highest BCUT2D eigenvalue weighted by Gasteiger charge is 2.15. The van der Waals surface area contributed by atoms with Gasteiger partial charge in [-0.15, -0.1) is 11.3 Å². The van der Waals surface area contributed by atoms with E-state index in [0.29, 0.717) is 0 Å². The smallest absolute Gasteiger partial charge is 0.169 e. The Bertz CT molecular complexity index is 1070. The van der Waals surface area contributed by atoms with Gasteiger partial charge in [0.25, 0.3) is 0 Å². The number of thiazole rings is 1. The van der Waals surface area contributed by atoms with Crippen LogP contribution in [-0.2, 0) is 6.54 Å². The van der Waals surface area contributed by atoms with Crippen LogP contribution in [0.2, 0.25) is 0 Å². The molecule has 154 valence electrons. The Morgan fingerprint density at radius 3 is 2.87 bits per heavy atom. The summed E-state index contributed by atoms with van der Waals surface area (Å²) in [4.78, 5) is 13.7. The van der Waals surface area contributed by atoms with Crippen molar-refractivity contribution in [2.24, 2.45) is 0 Å². The number of hydrogen-bond acceptors (Lipinski definition) is 4. The molecule has 0 atom stereocenters. The van der Waals surface area contributed by atoms with Crippen molar-refractivity contribution in [3.05, 3.63) is 95.6 Å². The lowest BCUT2D eigenvalue weighted by atomic mass is 9.95. The molecule has 3 aromatic rings. The number of aromatic nitrogens is 4. The number of rotatable bonds is 9. The lowest BCUT2D eigenvalue weighted by Gasteiger charge is -2.11. The number of hydrogen-bond donors (Lipinski definition) is 0. The predicted molar refractivity (Wildman–Crippen MR) is 127 cm³/mol. The van der Waals surface area contributed by atoms with Crippen molar-refractivity contribution in [3.63, 3.8) is 0 Å². The highest BCUT2D eigenvalue weighted by molar-refractivity contribution is 7.13. The first kappa shape index (κ1) is 21.7. The lowest BCUT2D eigenvalue weighted by molar-refractivity contribution is 0.802. The van der Waals surface area contributed by atoms with Crippen molar-refractivity contribution in [1.29, 1.82) is 0 Å². The van der Waals surface area contributed by atoms with E-state index in [0.717, 1.165) is 47.0 Å². The summed E-state index contributed by atoms with van der Waals surface area (Å²) in [6.07, 6.45) is 17.7. The standard InChI is InChI=1S/C25H28N4S/c1-5-8-12-22(19(4)10-6-2)21(7-3)23-18-30-25(28-23)24-27-14-15-29(24)17-20-11-9-13-26-16-20/h5,7-9,11-16,18H,1,6,10,17H2,2-4H3/b12-8-,21-7+,22-19-. The van der Waals surface area contributed by atoms with Crippen molar-refractivity contribution >= 4 is 16.9 Å². The Kier molecular flexibility index (Phi) is 7.69. The van der Waals surface area contributed by atoms with Crippen LogP contribution in [0.5, 0.6) is 0 Å². The van der Waals surface area contributed by atoms with E-state index in [1.54, 1.807) is 17.5 Å². The van der Waals surface area contributed by atoms with Gasteiger partial charge in [0, 0.05) is 35.7 Å². The normalized spacial score (nSPS) is 13.0. The SMILES string of the molecule is C=C\C=C/C(=C(\C)CCC)C(=C\C)/c1csc(-c2nccn2Cc2cccnc2)n1. The zero-order chi connectivity index (χ0) is 21.3. The number of pyridine rings is 1. The molecule has 0 aliphatic rings. The van der Waals surface area contributed by atoms with Gasteiger partial charge in [0.15, 0.2) is 10.8 Å². The van der Waals surface area contributed by atoms with E-state index < -0.39 is 0 Å². The molecule has 30 heavy (non-hydrogen) atoms. The minimum absolute atomic E-state index is 0.720. The monoisotopic (exact) mass is 416 g/mol. The Morgan fingerprint density at radius 1 is 1.30 bits per heavy atom. The van der Waals surface area contributed by atoms with Gasteiger partial charge in [0.2, 0.25) is 0 Å². The number of nitrogens with zero attached hydrogens (tertiary/aromatic N) is 4. The summed E-state index contributed by atoms with van der Waals surface area (Å²) in [7, 11) is 0. The molecule has 0 unspecified atom stereocenters. The molecule has 5 heteroatoms. The highest BCUT2D eigenvalue weighted by Crippen LogP contribution is 2.32. The van der Waals surface area contributed by atoms with E-state index in [1.165, 1.54) is 11.1 Å². The van der Waals surface area contributed by atoms with Gasteiger partial charge in [0.1, 0.15) is 0 Å². The molecule has 0 aromatic carbocycles. The number of imidazole rings is 1. The first-order chi connectivity index (χ1) is 14.7. The Hall–Kier alpha value is -3.05. The van der Waals surface area contributed by atoms with Crippen LogP contribution in [-0.4, -0.2) is 19.5 Å². The Labute approximate surface area is 183 Å². The van der Waals surface area contributed by atoms with Gasteiger partial charge in [0.05, 0.1) is 12.2 Å². The molecule has 0 saturated carbocycles. The van der Waals surface area contributed by atoms with Gasteiger partial charge in [-0.3, -0.25) is 4.98 Å². The molecule has 0 bridgehead atoms. The second-order valence-electron chi connectivity index (χ2n) is 7.02. The second-order valence-corrected chi connectivity index (χ2v) is 7.88. The summed E-state index contributed by atoms with van der Waals surface area (Å²) < 4.78 is 2.12. The van der Waals surface area contributed by atoms with Crippen molar-refractivity contribution in [2.45, 2.75) is 40.2 Å². The van der Waals surface area contributed by atoms with Crippen molar-refractivity contribution < 1.29 is 0 Å². The largest absolute Gasteiger partial charge is 0.325 e. The minimum atomic E-state index is 0.720. The van der Waals surface area contributed by atoms with Gasteiger partial charge in [-0.1, -0.05) is 55.9 Å². The molecule has 0 aliphatic carbocycles. The average Bonchev–Trinajstić information content (AvgIpc) is 3.41. The lowest BCUT2D eigenvalue weighted by Crippen LogP contribution is -2.01. The molecular weight excluding hydrogens is 388 g/mol. The summed E-state index contributed by atoms with van der Waals surface area (Å²) in [6, 6.07) is 4.02. The fourth-order valence-electron chi connectivity index (χ4n) is 3.40. The van der Waals surface area contributed by atoms with Crippen LogP contribution in [0, 0.1) is 0 Å². The van der Waals surface area contributed by atoms with Crippen LogP contribution in [0.25, 0.3) is 16.4 Å². The third kappa shape index (κ3) is 5.10. The molecule has 0 spiro atoms. The fraction of sp³-hybridized carbons (Fsp3) is 0.240. The van der Waals surface area contributed by atoms with Crippen molar-refractivity contribution in [3.8, 4) is 10.8 Å². The summed E-state index contributed by atoms with van der Waals surface area (Å²) in [6.45, 7) is 11.0.